The Hall–Kier alpha value is -2.15. The van der Waals surface area contributed by atoms with Gasteiger partial charge >= 0.3 is 0 Å². The van der Waals surface area contributed by atoms with Gasteiger partial charge in [0.2, 0.25) is 11.8 Å². The number of ether oxygens (including phenoxy) is 2. The zero-order valence-electron chi connectivity index (χ0n) is 13.1. The van der Waals surface area contributed by atoms with Crippen LogP contribution in [-0.4, -0.2) is 40.0 Å². The maximum absolute atomic E-state index is 5.88. The average molecular weight is 303 g/mol. The molecule has 0 aliphatic carbocycles. The highest BCUT2D eigenvalue weighted by molar-refractivity contribution is 5.30. The molecule has 7 heteroatoms. The van der Waals surface area contributed by atoms with Gasteiger partial charge in [0.1, 0.15) is 6.10 Å². The summed E-state index contributed by atoms with van der Waals surface area (Å²) in [5.41, 5.74) is 1.98. The Morgan fingerprint density at radius 3 is 3.05 bits per heavy atom. The smallest absolute Gasteiger partial charge is 0.226 e. The molecular weight excluding hydrogens is 282 g/mol. The van der Waals surface area contributed by atoms with Crippen molar-refractivity contribution in [3.63, 3.8) is 0 Å². The van der Waals surface area contributed by atoms with Crippen LogP contribution in [0.4, 0.5) is 5.95 Å². The highest BCUT2D eigenvalue weighted by Crippen LogP contribution is 2.34. The topological polar surface area (TPSA) is 74.1 Å². The largest absolute Gasteiger partial charge is 0.481 e. The first-order chi connectivity index (χ1) is 10.7. The molecule has 0 unspecified atom stereocenters. The Kier molecular flexibility index (Phi) is 4.24. The van der Waals surface area contributed by atoms with Crippen LogP contribution in [0.2, 0.25) is 0 Å². The summed E-state index contributed by atoms with van der Waals surface area (Å²) in [6, 6.07) is 3.82. The molecule has 1 N–H and O–H groups in total. The van der Waals surface area contributed by atoms with Crippen molar-refractivity contribution in [3.05, 3.63) is 29.7 Å². The van der Waals surface area contributed by atoms with Crippen molar-refractivity contribution in [3.8, 4) is 5.88 Å². The predicted octanol–water partition coefficient (Wildman–Crippen LogP) is 1.72. The van der Waals surface area contributed by atoms with E-state index in [9.17, 15) is 0 Å². The summed E-state index contributed by atoms with van der Waals surface area (Å²) in [5, 5.41) is 7.52. The molecule has 2 aromatic rings. The lowest BCUT2D eigenvalue weighted by atomic mass is 9.99. The van der Waals surface area contributed by atoms with Crippen LogP contribution in [0.3, 0.4) is 0 Å². The number of hydrogen-bond donors (Lipinski definition) is 1. The summed E-state index contributed by atoms with van der Waals surface area (Å²) >= 11 is 0. The van der Waals surface area contributed by atoms with Gasteiger partial charge in [-0.3, -0.25) is 4.68 Å². The van der Waals surface area contributed by atoms with Gasteiger partial charge in [0.05, 0.1) is 12.8 Å². The second-order valence-electron chi connectivity index (χ2n) is 5.48. The molecule has 0 spiro atoms. The van der Waals surface area contributed by atoms with E-state index < -0.39 is 0 Å². The lowest BCUT2D eigenvalue weighted by Gasteiger charge is -2.19. The molecule has 1 aliphatic rings. The third-order valence-electron chi connectivity index (χ3n) is 3.93. The van der Waals surface area contributed by atoms with Crippen LogP contribution < -0.4 is 10.1 Å². The molecule has 2 atom stereocenters. The standard InChI is InChI=1S/C15H21N5O2/c1-10-8-13(21-3)19-15(18-10)16-9-11-5-7-22-14(11)12-4-6-17-20(12)2/h4,6,8,11,14H,5,7,9H2,1-3H3,(H,16,18,19)/t11-,14+/m0/s1. The number of aromatic nitrogens is 4. The van der Waals surface area contributed by atoms with Crippen molar-refractivity contribution in [2.45, 2.75) is 19.4 Å². The minimum atomic E-state index is 0.0618. The summed E-state index contributed by atoms with van der Waals surface area (Å²) in [5.74, 6) is 1.53. The van der Waals surface area contributed by atoms with E-state index in [1.165, 1.54) is 0 Å². The van der Waals surface area contributed by atoms with E-state index in [-0.39, 0.29) is 6.10 Å². The number of nitrogens with one attached hydrogen (secondary N) is 1. The Balaban J connectivity index is 1.68. The third kappa shape index (κ3) is 3.04. The van der Waals surface area contributed by atoms with Crippen LogP contribution in [0.15, 0.2) is 18.3 Å². The maximum atomic E-state index is 5.88. The fourth-order valence-electron chi connectivity index (χ4n) is 2.78. The summed E-state index contributed by atoms with van der Waals surface area (Å²) in [6.07, 6.45) is 2.87. The third-order valence-corrected chi connectivity index (χ3v) is 3.93. The molecule has 0 saturated carbocycles. The number of methoxy groups -OCH3 is 1. The first-order valence-electron chi connectivity index (χ1n) is 7.40. The molecule has 22 heavy (non-hydrogen) atoms. The van der Waals surface area contributed by atoms with Gasteiger partial charge in [-0.2, -0.15) is 10.1 Å². The number of aryl methyl sites for hydroxylation is 2. The van der Waals surface area contributed by atoms with E-state index in [1.807, 2.05) is 30.8 Å². The molecule has 7 nitrogen and oxygen atoms in total. The van der Waals surface area contributed by atoms with Crippen LogP contribution in [-0.2, 0) is 11.8 Å². The first-order valence-corrected chi connectivity index (χ1v) is 7.40. The normalized spacial score (nSPS) is 21.0. The number of hydrogen-bond acceptors (Lipinski definition) is 6. The Morgan fingerprint density at radius 1 is 1.45 bits per heavy atom. The maximum Gasteiger partial charge on any atom is 0.226 e. The quantitative estimate of drug-likeness (QED) is 0.906. The highest BCUT2D eigenvalue weighted by Gasteiger charge is 2.31. The Labute approximate surface area is 129 Å². The van der Waals surface area contributed by atoms with E-state index in [2.05, 4.69) is 20.4 Å². The van der Waals surface area contributed by atoms with Gasteiger partial charge in [-0.1, -0.05) is 0 Å². The lowest BCUT2D eigenvalue weighted by Crippen LogP contribution is -2.20. The minimum Gasteiger partial charge on any atom is -0.481 e. The van der Waals surface area contributed by atoms with Crippen molar-refractivity contribution in [2.75, 3.05) is 25.6 Å². The zero-order chi connectivity index (χ0) is 15.5. The van der Waals surface area contributed by atoms with Gasteiger partial charge in [0.25, 0.3) is 0 Å². The van der Waals surface area contributed by atoms with Crippen molar-refractivity contribution < 1.29 is 9.47 Å². The van der Waals surface area contributed by atoms with Crippen LogP contribution in [0.1, 0.15) is 23.9 Å². The van der Waals surface area contributed by atoms with Gasteiger partial charge in [0, 0.05) is 44.1 Å². The number of nitrogens with zero attached hydrogens (tertiary/aromatic N) is 4. The summed E-state index contributed by atoms with van der Waals surface area (Å²) in [6.45, 7) is 3.44. The molecule has 1 saturated heterocycles. The van der Waals surface area contributed by atoms with Gasteiger partial charge in [-0.15, -0.1) is 0 Å². The summed E-state index contributed by atoms with van der Waals surface area (Å²) in [7, 11) is 3.55. The molecule has 1 aliphatic heterocycles. The minimum absolute atomic E-state index is 0.0618. The monoisotopic (exact) mass is 303 g/mol. The van der Waals surface area contributed by atoms with E-state index in [0.29, 0.717) is 17.7 Å². The Bertz CT molecular complexity index is 643. The average Bonchev–Trinajstić information content (AvgIpc) is 3.12. The van der Waals surface area contributed by atoms with Crippen molar-refractivity contribution in [1.82, 2.24) is 19.7 Å². The van der Waals surface area contributed by atoms with Gasteiger partial charge in [-0.05, 0) is 19.4 Å². The van der Waals surface area contributed by atoms with Crippen LogP contribution >= 0.6 is 0 Å². The fourth-order valence-corrected chi connectivity index (χ4v) is 2.78. The van der Waals surface area contributed by atoms with E-state index in [4.69, 9.17) is 9.47 Å². The Morgan fingerprint density at radius 2 is 2.32 bits per heavy atom. The highest BCUT2D eigenvalue weighted by atomic mass is 16.5. The summed E-state index contributed by atoms with van der Waals surface area (Å²) in [4.78, 5) is 8.70. The van der Waals surface area contributed by atoms with Crippen molar-refractivity contribution >= 4 is 5.95 Å². The molecule has 118 valence electrons. The SMILES string of the molecule is COc1cc(C)nc(NC[C@@H]2CCO[C@H]2c2ccnn2C)n1. The van der Waals surface area contributed by atoms with Gasteiger partial charge < -0.3 is 14.8 Å². The van der Waals surface area contributed by atoms with Crippen molar-refractivity contribution in [1.29, 1.82) is 0 Å². The molecule has 0 aromatic carbocycles. The lowest BCUT2D eigenvalue weighted by molar-refractivity contribution is 0.0866. The number of rotatable bonds is 5. The van der Waals surface area contributed by atoms with Crippen LogP contribution in [0, 0.1) is 12.8 Å². The molecular formula is C15H21N5O2. The second kappa shape index (κ2) is 6.31. The zero-order valence-corrected chi connectivity index (χ0v) is 13.1. The first kappa shape index (κ1) is 14.8. The van der Waals surface area contributed by atoms with Gasteiger partial charge in [0.15, 0.2) is 0 Å². The molecule has 0 amide bonds. The molecule has 3 rings (SSSR count). The fraction of sp³-hybridized carbons (Fsp3) is 0.533. The van der Waals surface area contributed by atoms with E-state index in [0.717, 1.165) is 31.0 Å². The van der Waals surface area contributed by atoms with E-state index in [1.54, 1.807) is 13.3 Å². The van der Waals surface area contributed by atoms with Crippen LogP contribution in [0.5, 0.6) is 5.88 Å². The predicted molar refractivity (Wildman–Crippen MR) is 81.8 cm³/mol. The molecule has 1 fully saturated rings. The molecule has 0 bridgehead atoms. The van der Waals surface area contributed by atoms with Gasteiger partial charge in [-0.25, -0.2) is 4.98 Å². The molecule has 0 radical (unpaired) electrons. The van der Waals surface area contributed by atoms with Crippen LogP contribution in [0.25, 0.3) is 0 Å². The molecule has 3 heterocycles. The summed E-state index contributed by atoms with van der Waals surface area (Å²) < 4.78 is 12.9. The number of anilines is 1. The van der Waals surface area contributed by atoms with Crippen molar-refractivity contribution in [2.24, 2.45) is 13.0 Å². The molecule has 2 aromatic heterocycles. The van der Waals surface area contributed by atoms with E-state index >= 15 is 0 Å². The second-order valence-corrected chi connectivity index (χ2v) is 5.48.